The lowest BCUT2D eigenvalue weighted by Gasteiger charge is -2.33. The average Bonchev–Trinajstić information content (AvgIpc) is 3.07. The molecule has 0 bridgehead atoms. The minimum absolute atomic E-state index is 0.0980. The van der Waals surface area contributed by atoms with E-state index in [1.807, 2.05) is 32.9 Å². The lowest BCUT2D eigenvalue weighted by atomic mass is 9.86. The molecule has 0 radical (unpaired) electrons. The number of nitrogens with zero attached hydrogens (tertiary/aromatic N) is 1. The third-order valence-electron chi connectivity index (χ3n) is 5.00. The molecule has 1 aliphatic rings. The molecular weight excluding hydrogens is 379 g/mol. The van der Waals surface area contributed by atoms with Crippen molar-refractivity contribution in [3.63, 3.8) is 0 Å². The smallest absolute Gasteiger partial charge is 0.241 e. The molecule has 3 N–H and O–H groups in total. The van der Waals surface area contributed by atoms with E-state index in [0.29, 0.717) is 16.2 Å². The quantitative estimate of drug-likeness (QED) is 0.792. The highest BCUT2D eigenvalue weighted by Crippen LogP contribution is 2.38. The zero-order valence-electron chi connectivity index (χ0n) is 16.1. The Morgan fingerprint density at radius 1 is 1.29 bits per heavy atom. The second-order valence-corrected chi connectivity index (χ2v) is 8.60. The molecule has 28 heavy (non-hydrogen) atoms. The van der Waals surface area contributed by atoms with Crippen LogP contribution in [0.25, 0.3) is 5.57 Å². The first-order chi connectivity index (χ1) is 13.1. The van der Waals surface area contributed by atoms with Crippen molar-refractivity contribution in [3.8, 4) is 5.75 Å². The molecule has 3 rings (SSSR count). The summed E-state index contributed by atoms with van der Waals surface area (Å²) < 4.78 is 14.4. The molecule has 2 aromatic rings. The van der Waals surface area contributed by atoms with Crippen LogP contribution in [0.2, 0.25) is 5.02 Å². The van der Waals surface area contributed by atoms with Gasteiger partial charge in [0.05, 0.1) is 12.1 Å². The predicted molar refractivity (Wildman–Crippen MR) is 109 cm³/mol. The largest absolute Gasteiger partial charge is 0.508 e. The van der Waals surface area contributed by atoms with Gasteiger partial charge in [-0.1, -0.05) is 50.6 Å². The topological polar surface area (TPSA) is 66.6 Å². The Morgan fingerprint density at radius 2 is 2.00 bits per heavy atom. The van der Waals surface area contributed by atoms with Crippen LogP contribution in [0.5, 0.6) is 5.75 Å². The number of halogens is 2. The zero-order valence-corrected chi connectivity index (χ0v) is 16.9. The number of carbonyl (C=O) groups excluding carboxylic acids is 1. The standard InChI is InChI=1S/C22H24ClFN2O2/c1-22(2,3)20(25)21(28)26-12-14(17-11-15(23)7-8-18(17)24)10-19(26)13-5-4-6-16(27)9-13/h4-11,19-20,27H,12,25H2,1-3H3/t19?,20-/m1/s1. The molecular formula is C22H24ClFN2O2. The summed E-state index contributed by atoms with van der Waals surface area (Å²) in [5.41, 5.74) is 7.54. The van der Waals surface area contributed by atoms with Gasteiger partial charge in [0.25, 0.3) is 0 Å². The molecule has 2 aromatic carbocycles. The second-order valence-electron chi connectivity index (χ2n) is 8.17. The molecule has 1 unspecified atom stereocenters. The van der Waals surface area contributed by atoms with E-state index in [2.05, 4.69) is 0 Å². The minimum atomic E-state index is -0.718. The average molecular weight is 403 g/mol. The number of nitrogens with two attached hydrogens (primary N) is 1. The summed E-state index contributed by atoms with van der Waals surface area (Å²) in [5, 5.41) is 10.3. The lowest BCUT2D eigenvalue weighted by molar-refractivity contribution is -0.135. The summed E-state index contributed by atoms with van der Waals surface area (Å²) in [4.78, 5) is 14.8. The maximum absolute atomic E-state index is 14.4. The van der Waals surface area contributed by atoms with Crippen molar-refractivity contribution < 1.29 is 14.3 Å². The summed E-state index contributed by atoms with van der Waals surface area (Å²) in [5.74, 6) is -0.532. The van der Waals surface area contributed by atoms with Crippen LogP contribution in [-0.2, 0) is 4.79 Å². The fourth-order valence-corrected chi connectivity index (χ4v) is 3.45. The molecule has 148 valence electrons. The van der Waals surface area contributed by atoms with Gasteiger partial charge in [-0.25, -0.2) is 4.39 Å². The van der Waals surface area contributed by atoms with E-state index >= 15 is 0 Å². The Balaban J connectivity index is 2.05. The SMILES string of the molecule is CC(C)(C)[C@H](N)C(=O)N1CC(c2cc(Cl)ccc2F)=CC1c1cccc(O)c1. The van der Waals surface area contributed by atoms with Gasteiger partial charge >= 0.3 is 0 Å². The number of phenols is 1. The number of hydrogen-bond acceptors (Lipinski definition) is 3. The van der Waals surface area contributed by atoms with E-state index in [9.17, 15) is 14.3 Å². The summed E-state index contributed by atoms with van der Waals surface area (Å²) in [7, 11) is 0. The van der Waals surface area contributed by atoms with Crippen LogP contribution in [0.4, 0.5) is 4.39 Å². The van der Waals surface area contributed by atoms with Gasteiger partial charge in [-0.2, -0.15) is 0 Å². The number of rotatable bonds is 3. The predicted octanol–water partition coefficient (Wildman–Crippen LogP) is 4.53. The van der Waals surface area contributed by atoms with Gasteiger partial charge in [-0.15, -0.1) is 0 Å². The van der Waals surface area contributed by atoms with Crippen LogP contribution >= 0.6 is 11.6 Å². The van der Waals surface area contributed by atoms with E-state index in [1.165, 1.54) is 12.1 Å². The van der Waals surface area contributed by atoms with Gasteiger partial charge in [0.1, 0.15) is 11.6 Å². The first-order valence-electron chi connectivity index (χ1n) is 9.09. The molecule has 0 saturated heterocycles. The molecule has 0 saturated carbocycles. The van der Waals surface area contributed by atoms with Crippen LogP contribution in [0.3, 0.4) is 0 Å². The third-order valence-corrected chi connectivity index (χ3v) is 5.24. The highest BCUT2D eigenvalue weighted by atomic mass is 35.5. The third kappa shape index (κ3) is 4.05. The summed E-state index contributed by atoms with van der Waals surface area (Å²) in [6.45, 7) is 5.92. The number of carbonyl (C=O) groups is 1. The normalized spacial score (nSPS) is 18.1. The second kappa shape index (κ2) is 7.57. The monoisotopic (exact) mass is 402 g/mol. The van der Waals surface area contributed by atoms with Crippen molar-refractivity contribution in [2.24, 2.45) is 11.1 Å². The van der Waals surface area contributed by atoms with Crippen molar-refractivity contribution in [3.05, 3.63) is 70.5 Å². The van der Waals surface area contributed by atoms with Crippen molar-refractivity contribution in [1.29, 1.82) is 0 Å². The summed E-state index contributed by atoms with van der Waals surface area (Å²) >= 11 is 6.05. The molecule has 2 atom stereocenters. The summed E-state index contributed by atoms with van der Waals surface area (Å²) in [6.07, 6.45) is 1.83. The highest BCUT2D eigenvalue weighted by Gasteiger charge is 2.38. The van der Waals surface area contributed by atoms with E-state index in [-0.39, 0.29) is 18.2 Å². The van der Waals surface area contributed by atoms with E-state index in [4.69, 9.17) is 17.3 Å². The van der Waals surface area contributed by atoms with Crippen LogP contribution in [0.15, 0.2) is 48.5 Å². The Labute approximate surface area is 169 Å². The van der Waals surface area contributed by atoms with Gasteiger partial charge in [0, 0.05) is 17.1 Å². The Kier molecular flexibility index (Phi) is 5.50. The number of amides is 1. The Hall–Kier alpha value is -2.37. The van der Waals surface area contributed by atoms with Crippen LogP contribution in [-0.4, -0.2) is 28.5 Å². The molecule has 0 aliphatic carbocycles. The van der Waals surface area contributed by atoms with E-state index in [0.717, 1.165) is 5.56 Å². The number of benzene rings is 2. The highest BCUT2D eigenvalue weighted by molar-refractivity contribution is 6.30. The molecule has 6 heteroatoms. The maximum Gasteiger partial charge on any atom is 0.241 e. The molecule has 4 nitrogen and oxygen atoms in total. The maximum atomic E-state index is 14.4. The molecule has 0 fully saturated rings. The number of aromatic hydroxyl groups is 1. The first kappa shape index (κ1) is 20.4. The lowest BCUT2D eigenvalue weighted by Crippen LogP contribution is -2.50. The Bertz CT molecular complexity index is 936. The van der Waals surface area contributed by atoms with Gasteiger partial charge in [0.2, 0.25) is 5.91 Å². The van der Waals surface area contributed by atoms with Crippen LogP contribution < -0.4 is 5.73 Å². The van der Waals surface area contributed by atoms with Gasteiger partial charge in [-0.3, -0.25) is 4.79 Å². The number of phenolic OH excluding ortho intramolecular Hbond substituents is 1. The molecule has 0 aromatic heterocycles. The molecule has 1 amide bonds. The van der Waals surface area contributed by atoms with Gasteiger partial charge in [-0.05, 0) is 46.9 Å². The molecule has 1 aliphatic heterocycles. The van der Waals surface area contributed by atoms with Crippen molar-refractivity contribution in [2.75, 3.05) is 6.54 Å². The fraction of sp³-hybridized carbons (Fsp3) is 0.318. The zero-order chi connectivity index (χ0) is 20.6. The van der Waals surface area contributed by atoms with Crippen molar-refractivity contribution in [1.82, 2.24) is 4.90 Å². The van der Waals surface area contributed by atoms with Gasteiger partial charge < -0.3 is 15.7 Å². The van der Waals surface area contributed by atoms with Crippen molar-refractivity contribution in [2.45, 2.75) is 32.9 Å². The fourth-order valence-electron chi connectivity index (χ4n) is 3.28. The van der Waals surface area contributed by atoms with E-state index < -0.39 is 23.3 Å². The molecule has 0 spiro atoms. The Morgan fingerprint density at radius 3 is 2.64 bits per heavy atom. The summed E-state index contributed by atoms with van der Waals surface area (Å²) in [6, 6.07) is 9.87. The van der Waals surface area contributed by atoms with E-state index in [1.54, 1.807) is 29.2 Å². The van der Waals surface area contributed by atoms with Crippen LogP contribution in [0, 0.1) is 11.2 Å². The first-order valence-corrected chi connectivity index (χ1v) is 9.47. The number of hydrogen-bond donors (Lipinski definition) is 2. The minimum Gasteiger partial charge on any atom is -0.508 e. The van der Waals surface area contributed by atoms with Crippen LogP contribution in [0.1, 0.15) is 37.9 Å². The molecule has 1 heterocycles. The van der Waals surface area contributed by atoms with Gasteiger partial charge in [0.15, 0.2) is 0 Å². The van der Waals surface area contributed by atoms with Crippen molar-refractivity contribution >= 4 is 23.1 Å².